The van der Waals surface area contributed by atoms with E-state index < -0.39 is 5.82 Å². The van der Waals surface area contributed by atoms with Crippen molar-refractivity contribution in [3.8, 4) is 0 Å². The minimum atomic E-state index is -0.475. The SMILES string of the molecule is CC1CCCCN1CCCNC(=O)C(C1CCCC1)N1CCN(C(=O)c2ccccc2F)CC1. The number of carbonyl (C=O) groups excluding carboxylic acids is 2. The Kier molecular flexibility index (Phi) is 8.95. The van der Waals surface area contributed by atoms with Gasteiger partial charge in [0.25, 0.3) is 5.91 Å². The van der Waals surface area contributed by atoms with E-state index in [-0.39, 0.29) is 23.4 Å². The molecule has 2 heterocycles. The molecule has 2 saturated heterocycles. The highest BCUT2D eigenvalue weighted by molar-refractivity contribution is 5.94. The van der Waals surface area contributed by atoms with Gasteiger partial charge in [-0.2, -0.15) is 0 Å². The lowest BCUT2D eigenvalue weighted by molar-refractivity contribution is -0.129. The lowest BCUT2D eigenvalue weighted by Gasteiger charge is -2.41. The zero-order valence-corrected chi connectivity index (χ0v) is 20.7. The van der Waals surface area contributed by atoms with E-state index >= 15 is 0 Å². The molecule has 0 bridgehead atoms. The van der Waals surface area contributed by atoms with Crippen LogP contribution in [-0.2, 0) is 4.79 Å². The number of halogens is 1. The van der Waals surface area contributed by atoms with Gasteiger partial charge in [0.1, 0.15) is 5.82 Å². The number of likely N-dealkylation sites (tertiary alicyclic amines) is 1. The van der Waals surface area contributed by atoms with Gasteiger partial charge >= 0.3 is 0 Å². The van der Waals surface area contributed by atoms with E-state index in [1.54, 1.807) is 23.1 Å². The summed E-state index contributed by atoms with van der Waals surface area (Å²) >= 11 is 0. The summed E-state index contributed by atoms with van der Waals surface area (Å²) in [4.78, 5) is 32.7. The number of rotatable bonds is 8. The maximum atomic E-state index is 14.1. The van der Waals surface area contributed by atoms with Crippen molar-refractivity contribution in [3.63, 3.8) is 0 Å². The first-order valence-electron chi connectivity index (χ1n) is 13.3. The lowest BCUT2D eigenvalue weighted by atomic mass is 9.95. The summed E-state index contributed by atoms with van der Waals surface area (Å²) in [5.41, 5.74) is 0.129. The van der Waals surface area contributed by atoms with Gasteiger partial charge in [-0.15, -0.1) is 0 Å². The minimum absolute atomic E-state index is 0.123. The van der Waals surface area contributed by atoms with Crippen LogP contribution in [0.2, 0.25) is 0 Å². The minimum Gasteiger partial charge on any atom is -0.355 e. The zero-order chi connectivity index (χ0) is 23.9. The summed E-state index contributed by atoms with van der Waals surface area (Å²) in [5.74, 6) is -0.202. The predicted molar refractivity (Wildman–Crippen MR) is 132 cm³/mol. The number of hydrogen-bond donors (Lipinski definition) is 1. The second-order valence-electron chi connectivity index (χ2n) is 10.3. The molecule has 4 rings (SSSR count). The molecule has 2 atom stereocenters. The molecule has 1 aliphatic carbocycles. The van der Waals surface area contributed by atoms with Gasteiger partial charge in [0, 0.05) is 45.3 Å². The molecule has 1 aromatic carbocycles. The molecule has 2 unspecified atom stereocenters. The molecule has 3 fully saturated rings. The smallest absolute Gasteiger partial charge is 0.256 e. The Hall–Kier alpha value is -1.99. The summed E-state index contributed by atoms with van der Waals surface area (Å²) in [6, 6.07) is 6.70. The van der Waals surface area contributed by atoms with Crippen molar-refractivity contribution in [3.05, 3.63) is 35.6 Å². The second-order valence-corrected chi connectivity index (χ2v) is 10.3. The fraction of sp³-hybridized carbons (Fsp3) is 0.704. The van der Waals surface area contributed by atoms with Crippen molar-refractivity contribution in [2.24, 2.45) is 5.92 Å². The summed E-state index contributed by atoms with van der Waals surface area (Å²) in [7, 11) is 0. The lowest BCUT2D eigenvalue weighted by Crippen LogP contribution is -2.58. The summed E-state index contributed by atoms with van der Waals surface area (Å²) in [6.07, 6.45) is 9.44. The standard InChI is InChI=1S/C27H41FN4O2/c1-21-9-6-7-15-30(21)16-8-14-29-26(33)25(22-10-2-3-11-22)31-17-19-32(20-18-31)27(34)23-12-4-5-13-24(23)28/h4-5,12-13,21-22,25H,2-3,6-11,14-20H2,1H3,(H,29,33). The molecule has 0 radical (unpaired) electrons. The molecule has 1 N–H and O–H groups in total. The van der Waals surface area contributed by atoms with Crippen molar-refractivity contribution in [1.82, 2.24) is 20.0 Å². The van der Waals surface area contributed by atoms with E-state index in [2.05, 4.69) is 22.0 Å². The van der Waals surface area contributed by atoms with E-state index in [0.29, 0.717) is 38.1 Å². The number of nitrogens with zero attached hydrogens (tertiary/aromatic N) is 3. The van der Waals surface area contributed by atoms with Gasteiger partial charge in [-0.3, -0.25) is 14.5 Å². The van der Waals surface area contributed by atoms with Crippen LogP contribution in [0.5, 0.6) is 0 Å². The molecule has 2 aliphatic heterocycles. The normalized spacial score (nSPS) is 23.7. The molecule has 7 heteroatoms. The Morgan fingerprint density at radius 1 is 1.00 bits per heavy atom. The Bertz CT molecular complexity index is 821. The van der Waals surface area contributed by atoms with Gasteiger partial charge < -0.3 is 15.1 Å². The van der Waals surface area contributed by atoms with Crippen LogP contribution in [0.1, 0.15) is 68.6 Å². The maximum Gasteiger partial charge on any atom is 0.256 e. The Labute approximate surface area is 203 Å². The first-order valence-corrected chi connectivity index (χ1v) is 13.3. The van der Waals surface area contributed by atoms with E-state index in [9.17, 15) is 14.0 Å². The Morgan fingerprint density at radius 2 is 1.71 bits per heavy atom. The highest BCUT2D eigenvalue weighted by Crippen LogP contribution is 2.31. The zero-order valence-electron chi connectivity index (χ0n) is 20.7. The van der Waals surface area contributed by atoms with Gasteiger partial charge in [-0.1, -0.05) is 31.4 Å². The van der Waals surface area contributed by atoms with E-state index in [4.69, 9.17) is 0 Å². The average molecular weight is 473 g/mol. The van der Waals surface area contributed by atoms with Crippen molar-refractivity contribution in [1.29, 1.82) is 0 Å². The summed E-state index contributed by atoms with van der Waals surface area (Å²) in [6.45, 7) is 7.61. The largest absolute Gasteiger partial charge is 0.355 e. The number of amides is 2. The summed E-state index contributed by atoms with van der Waals surface area (Å²) in [5, 5.41) is 3.24. The third kappa shape index (κ3) is 6.16. The molecule has 6 nitrogen and oxygen atoms in total. The predicted octanol–water partition coefficient (Wildman–Crippen LogP) is 3.52. The molecule has 1 aromatic rings. The van der Waals surface area contributed by atoms with Crippen LogP contribution in [0, 0.1) is 11.7 Å². The van der Waals surface area contributed by atoms with E-state index in [1.165, 1.54) is 44.7 Å². The number of piperazine rings is 1. The Balaban J connectivity index is 1.29. The van der Waals surface area contributed by atoms with Crippen molar-refractivity contribution < 1.29 is 14.0 Å². The molecule has 0 spiro atoms. The van der Waals surface area contributed by atoms with Crippen LogP contribution in [0.3, 0.4) is 0 Å². The number of hydrogen-bond acceptors (Lipinski definition) is 4. The fourth-order valence-electron chi connectivity index (χ4n) is 6.05. The Morgan fingerprint density at radius 3 is 2.41 bits per heavy atom. The monoisotopic (exact) mass is 472 g/mol. The highest BCUT2D eigenvalue weighted by atomic mass is 19.1. The van der Waals surface area contributed by atoms with Crippen LogP contribution < -0.4 is 5.32 Å². The second kappa shape index (κ2) is 12.1. The number of nitrogens with one attached hydrogen (secondary N) is 1. The van der Waals surface area contributed by atoms with Crippen molar-refractivity contribution in [2.45, 2.75) is 70.4 Å². The molecule has 3 aliphatic rings. The van der Waals surface area contributed by atoms with Gasteiger partial charge in [-0.25, -0.2) is 4.39 Å². The first-order chi connectivity index (χ1) is 16.5. The molecular weight excluding hydrogens is 431 g/mol. The first kappa shape index (κ1) is 25.1. The van der Waals surface area contributed by atoms with Crippen LogP contribution in [0.4, 0.5) is 4.39 Å². The van der Waals surface area contributed by atoms with Crippen LogP contribution in [0.25, 0.3) is 0 Å². The van der Waals surface area contributed by atoms with E-state index in [1.807, 2.05) is 0 Å². The maximum absolute atomic E-state index is 14.1. The van der Waals surface area contributed by atoms with E-state index in [0.717, 1.165) is 32.4 Å². The van der Waals surface area contributed by atoms with Crippen molar-refractivity contribution >= 4 is 11.8 Å². The summed E-state index contributed by atoms with van der Waals surface area (Å²) < 4.78 is 14.1. The third-order valence-electron chi connectivity index (χ3n) is 8.08. The van der Waals surface area contributed by atoms with Gasteiger partial charge in [0.05, 0.1) is 11.6 Å². The van der Waals surface area contributed by atoms with Gasteiger partial charge in [0.2, 0.25) is 5.91 Å². The third-order valence-corrected chi connectivity index (χ3v) is 8.08. The van der Waals surface area contributed by atoms with Crippen LogP contribution >= 0.6 is 0 Å². The number of piperidine rings is 1. The van der Waals surface area contributed by atoms with Gasteiger partial charge in [-0.05, 0) is 63.6 Å². The number of carbonyl (C=O) groups is 2. The molecule has 1 saturated carbocycles. The average Bonchev–Trinajstić information content (AvgIpc) is 3.38. The van der Waals surface area contributed by atoms with Crippen molar-refractivity contribution in [2.75, 3.05) is 45.8 Å². The quantitative estimate of drug-likeness (QED) is 0.588. The molecule has 0 aromatic heterocycles. The fourth-order valence-corrected chi connectivity index (χ4v) is 6.05. The van der Waals surface area contributed by atoms with Crippen LogP contribution in [0.15, 0.2) is 24.3 Å². The van der Waals surface area contributed by atoms with Crippen LogP contribution in [-0.4, -0.2) is 84.4 Å². The highest BCUT2D eigenvalue weighted by Gasteiger charge is 2.37. The van der Waals surface area contributed by atoms with Gasteiger partial charge in [0.15, 0.2) is 0 Å². The molecule has 188 valence electrons. The molecule has 2 amide bonds. The molecular formula is C27H41FN4O2. The molecule has 34 heavy (non-hydrogen) atoms. The number of benzene rings is 1. The topological polar surface area (TPSA) is 55.9 Å².